The van der Waals surface area contributed by atoms with Crippen molar-refractivity contribution in [2.75, 3.05) is 0 Å². The van der Waals surface area contributed by atoms with Crippen LogP contribution in [0, 0.1) is 17.8 Å². The molecule has 31 heavy (non-hydrogen) atoms. The summed E-state index contributed by atoms with van der Waals surface area (Å²) < 4.78 is 63.2. The van der Waals surface area contributed by atoms with Crippen molar-refractivity contribution >= 4 is 27.8 Å². The summed E-state index contributed by atoms with van der Waals surface area (Å²) in [5.41, 5.74) is -2.19. The van der Waals surface area contributed by atoms with Gasteiger partial charge in [0, 0.05) is 22.3 Å². The van der Waals surface area contributed by atoms with E-state index in [1.54, 1.807) is 0 Å². The number of carbonyl (C=O) groups is 1. The van der Waals surface area contributed by atoms with Crippen LogP contribution < -0.4 is 0 Å². The van der Waals surface area contributed by atoms with E-state index in [0.717, 1.165) is 0 Å². The van der Waals surface area contributed by atoms with Gasteiger partial charge in [0.25, 0.3) is 0 Å². The topological polar surface area (TPSA) is 121 Å². The highest BCUT2D eigenvalue weighted by atomic mass is 32.2. The largest absolute Gasteiger partial charge is 0.455 e. The standard InChI is InChI=1S/C20H34F2O7S2/c1-6-18(24,7-2)14-13-10-12(16(30-13)15(14)19(25,8-3)9-4)17(23)29-11(5)20(21,22)31(26,27)28/h11-16,24-25H,6-10H2,1-5H3,(H,26,27,28). The average molecular weight is 489 g/mol. The second-order valence-corrected chi connectivity index (χ2v) is 11.7. The minimum Gasteiger partial charge on any atom is -0.455 e. The molecule has 2 aliphatic rings. The number of hydrogen-bond acceptors (Lipinski definition) is 7. The Labute approximate surface area is 187 Å². The Hall–Kier alpha value is -0.490. The van der Waals surface area contributed by atoms with Crippen molar-refractivity contribution in [3.63, 3.8) is 0 Å². The van der Waals surface area contributed by atoms with E-state index >= 15 is 0 Å². The van der Waals surface area contributed by atoms with E-state index in [4.69, 9.17) is 9.29 Å². The second kappa shape index (κ2) is 9.04. The molecule has 182 valence electrons. The monoisotopic (exact) mass is 488 g/mol. The van der Waals surface area contributed by atoms with Crippen molar-refractivity contribution in [3.8, 4) is 0 Å². The molecule has 0 radical (unpaired) electrons. The number of halogens is 2. The molecule has 0 aliphatic carbocycles. The summed E-state index contributed by atoms with van der Waals surface area (Å²) in [7, 11) is -5.75. The summed E-state index contributed by atoms with van der Waals surface area (Å²) in [4.78, 5) is 12.8. The molecule has 2 fully saturated rings. The van der Waals surface area contributed by atoms with Crippen LogP contribution in [0.4, 0.5) is 8.78 Å². The minimum atomic E-state index is -5.75. The summed E-state index contributed by atoms with van der Waals surface area (Å²) in [6, 6.07) is 0. The average Bonchev–Trinajstić information content (AvgIpc) is 3.31. The third kappa shape index (κ3) is 4.49. The fraction of sp³-hybridized carbons (Fsp3) is 0.950. The van der Waals surface area contributed by atoms with Crippen molar-refractivity contribution in [2.24, 2.45) is 17.8 Å². The van der Waals surface area contributed by atoms with Gasteiger partial charge < -0.3 is 14.9 Å². The summed E-state index contributed by atoms with van der Waals surface area (Å²) in [6.07, 6.45) is -0.331. The van der Waals surface area contributed by atoms with Crippen molar-refractivity contribution < 1.29 is 41.5 Å². The maximum absolute atomic E-state index is 13.9. The molecule has 2 bridgehead atoms. The number of fused-ring (bicyclic) bond motifs is 2. The van der Waals surface area contributed by atoms with Crippen LogP contribution in [-0.2, 0) is 19.6 Å². The first kappa shape index (κ1) is 26.8. The van der Waals surface area contributed by atoms with Crippen molar-refractivity contribution in [1.29, 1.82) is 0 Å². The van der Waals surface area contributed by atoms with Gasteiger partial charge in [0.05, 0.1) is 17.1 Å². The van der Waals surface area contributed by atoms with Crippen LogP contribution in [-0.4, -0.2) is 62.2 Å². The predicted molar refractivity (Wildman–Crippen MR) is 113 cm³/mol. The molecule has 0 aromatic heterocycles. The van der Waals surface area contributed by atoms with Crippen LogP contribution in [0.5, 0.6) is 0 Å². The molecule has 11 heteroatoms. The molecule has 0 spiro atoms. The van der Waals surface area contributed by atoms with Crippen LogP contribution in [0.15, 0.2) is 0 Å². The van der Waals surface area contributed by atoms with Gasteiger partial charge in [0.1, 0.15) is 0 Å². The highest BCUT2D eigenvalue weighted by Crippen LogP contribution is 2.63. The van der Waals surface area contributed by atoms with Gasteiger partial charge >= 0.3 is 21.3 Å². The third-order valence-electron chi connectivity index (χ3n) is 7.46. The lowest BCUT2D eigenvalue weighted by Gasteiger charge is -2.49. The Kier molecular flexibility index (Phi) is 7.80. The maximum atomic E-state index is 13.9. The number of aliphatic hydroxyl groups is 2. The van der Waals surface area contributed by atoms with E-state index in [0.29, 0.717) is 32.6 Å². The third-order valence-corrected chi connectivity index (χ3v) is 10.2. The molecular formula is C20H34F2O7S2. The van der Waals surface area contributed by atoms with E-state index in [1.807, 2.05) is 27.7 Å². The molecule has 2 rings (SSSR count). The van der Waals surface area contributed by atoms with E-state index < -0.39 is 55.7 Å². The lowest BCUT2D eigenvalue weighted by atomic mass is 9.59. The van der Waals surface area contributed by atoms with Crippen LogP contribution in [0.3, 0.4) is 0 Å². The molecule has 0 aromatic rings. The molecule has 0 saturated carbocycles. The zero-order valence-electron chi connectivity index (χ0n) is 18.5. The Balaban J connectivity index is 2.34. The molecule has 7 nitrogen and oxygen atoms in total. The van der Waals surface area contributed by atoms with E-state index in [-0.39, 0.29) is 17.6 Å². The zero-order valence-corrected chi connectivity index (χ0v) is 20.2. The normalized spacial score (nSPS) is 30.5. The van der Waals surface area contributed by atoms with Gasteiger partial charge in [-0.25, -0.2) is 0 Å². The summed E-state index contributed by atoms with van der Waals surface area (Å²) >= 11 is 1.46. The molecule has 2 saturated heterocycles. The van der Waals surface area contributed by atoms with Gasteiger partial charge in [0.2, 0.25) is 0 Å². The maximum Gasteiger partial charge on any atom is 0.405 e. The highest BCUT2D eigenvalue weighted by Gasteiger charge is 2.65. The summed E-state index contributed by atoms with van der Waals surface area (Å²) in [6.45, 7) is 8.12. The molecular weight excluding hydrogens is 454 g/mol. The fourth-order valence-corrected chi connectivity index (χ4v) is 8.06. The van der Waals surface area contributed by atoms with Crippen LogP contribution in [0.1, 0.15) is 66.7 Å². The van der Waals surface area contributed by atoms with Gasteiger partial charge in [-0.2, -0.15) is 29.0 Å². The lowest BCUT2D eigenvalue weighted by Crippen LogP contribution is -2.57. The first-order chi connectivity index (χ1) is 14.1. The van der Waals surface area contributed by atoms with Crippen molar-refractivity contribution in [3.05, 3.63) is 0 Å². The van der Waals surface area contributed by atoms with Gasteiger partial charge in [-0.3, -0.25) is 9.35 Å². The number of rotatable bonds is 10. The number of ether oxygens (including phenoxy) is 1. The number of esters is 1. The van der Waals surface area contributed by atoms with Gasteiger partial charge in [-0.1, -0.05) is 27.7 Å². The van der Waals surface area contributed by atoms with Gasteiger partial charge in [-0.15, -0.1) is 0 Å². The quantitative estimate of drug-likeness (QED) is 0.317. The zero-order chi connectivity index (χ0) is 24.0. The van der Waals surface area contributed by atoms with Gasteiger partial charge in [-0.05, 0) is 39.0 Å². The minimum absolute atomic E-state index is 0.167. The first-order valence-electron chi connectivity index (χ1n) is 10.8. The Morgan fingerprint density at radius 3 is 1.94 bits per heavy atom. The lowest BCUT2D eigenvalue weighted by molar-refractivity contribution is -0.171. The molecule has 6 unspecified atom stereocenters. The van der Waals surface area contributed by atoms with Crippen LogP contribution in [0.2, 0.25) is 0 Å². The predicted octanol–water partition coefficient (Wildman–Crippen LogP) is 3.24. The Morgan fingerprint density at radius 2 is 1.52 bits per heavy atom. The van der Waals surface area contributed by atoms with Gasteiger partial charge in [0.15, 0.2) is 6.10 Å². The van der Waals surface area contributed by atoms with E-state index in [9.17, 15) is 32.2 Å². The summed E-state index contributed by atoms with van der Waals surface area (Å²) in [5.74, 6) is -2.53. The number of carbonyl (C=O) groups excluding carboxylic acids is 1. The first-order valence-corrected chi connectivity index (χ1v) is 13.2. The van der Waals surface area contributed by atoms with Crippen molar-refractivity contribution in [2.45, 2.75) is 99.8 Å². The van der Waals surface area contributed by atoms with Crippen LogP contribution in [0.25, 0.3) is 0 Å². The molecule has 2 aliphatic heterocycles. The fourth-order valence-electron chi connectivity index (χ4n) is 5.27. The Morgan fingerprint density at radius 1 is 1.06 bits per heavy atom. The van der Waals surface area contributed by atoms with E-state index in [2.05, 4.69) is 0 Å². The smallest absolute Gasteiger partial charge is 0.405 e. The van der Waals surface area contributed by atoms with E-state index in [1.165, 1.54) is 11.8 Å². The van der Waals surface area contributed by atoms with Crippen LogP contribution >= 0.6 is 11.8 Å². The molecule has 6 atom stereocenters. The van der Waals surface area contributed by atoms with Crippen molar-refractivity contribution in [1.82, 2.24) is 0 Å². The molecule has 2 heterocycles. The second-order valence-electron chi connectivity index (χ2n) is 8.77. The number of thioether (sulfide) groups is 1. The highest BCUT2D eigenvalue weighted by molar-refractivity contribution is 8.01. The number of hydrogen-bond donors (Lipinski definition) is 3. The summed E-state index contributed by atoms with van der Waals surface area (Å²) in [5, 5.41) is 17.4. The molecule has 0 aromatic carbocycles. The molecule has 3 N–H and O–H groups in total. The Bertz CT molecular complexity index is 765. The number of alkyl halides is 2. The SMILES string of the molecule is CCC(O)(CC)C1C2CC(C(=O)OC(C)C(F)(F)S(=O)(=O)O)C(S2)C1C(O)(CC)CC. The molecule has 0 amide bonds.